The Morgan fingerprint density at radius 1 is 1.50 bits per heavy atom. The first-order valence-electron chi connectivity index (χ1n) is 5.32. The molecular weight excluding hydrogens is 208 g/mol. The van der Waals surface area contributed by atoms with E-state index in [2.05, 4.69) is 5.10 Å². The smallest absolute Gasteiger partial charge is 0.307 e. The van der Waals surface area contributed by atoms with Crippen LogP contribution in [0.15, 0.2) is 12.4 Å². The third kappa shape index (κ3) is 1.85. The molecule has 0 aliphatic heterocycles. The molecule has 1 heterocycles. The van der Waals surface area contributed by atoms with E-state index < -0.39 is 11.9 Å². The fourth-order valence-corrected chi connectivity index (χ4v) is 1.72. The maximum absolute atomic E-state index is 11.8. The molecule has 0 unspecified atom stereocenters. The van der Waals surface area contributed by atoms with Gasteiger partial charge in [-0.2, -0.15) is 5.10 Å². The van der Waals surface area contributed by atoms with Gasteiger partial charge < -0.3 is 5.11 Å². The largest absolute Gasteiger partial charge is 0.481 e. The summed E-state index contributed by atoms with van der Waals surface area (Å²) in [5.41, 5.74) is 0.516. The van der Waals surface area contributed by atoms with Gasteiger partial charge in [0, 0.05) is 18.2 Å². The van der Waals surface area contributed by atoms with E-state index in [9.17, 15) is 9.59 Å². The van der Waals surface area contributed by atoms with Gasteiger partial charge >= 0.3 is 5.97 Å². The first-order valence-corrected chi connectivity index (χ1v) is 5.32. The van der Waals surface area contributed by atoms with Crippen LogP contribution in [0.25, 0.3) is 0 Å². The van der Waals surface area contributed by atoms with E-state index in [-0.39, 0.29) is 17.7 Å². The van der Waals surface area contributed by atoms with Crippen LogP contribution in [0, 0.1) is 11.8 Å². The molecular formula is C11H14N2O3. The second-order valence-electron chi connectivity index (χ2n) is 4.45. The first-order chi connectivity index (χ1) is 7.50. The molecule has 5 heteroatoms. The van der Waals surface area contributed by atoms with Gasteiger partial charge in [0.05, 0.1) is 17.7 Å². The fraction of sp³-hybridized carbons (Fsp3) is 0.545. The highest BCUT2D eigenvalue weighted by atomic mass is 16.4. The van der Waals surface area contributed by atoms with E-state index in [4.69, 9.17) is 5.11 Å². The Bertz CT molecular complexity index is 436. The molecule has 1 saturated carbocycles. The predicted octanol–water partition coefficient (Wildman–Crippen LogP) is 1.37. The van der Waals surface area contributed by atoms with E-state index >= 15 is 0 Å². The topological polar surface area (TPSA) is 72.2 Å². The monoisotopic (exact) mass is 222 g/mol. The van der Waals surface area contributed by atoms with Crippen molar-refractivity contribution < 1.29 is 14.7 Å². The number of nitrogens with zero attached hydrogens (tertiary/aromatic N) is 2. The van der Waals surface area contributed by atoms with Crippen molar-refractivity contribution in [2.45, 2.75) is 26.3 Å². The van der Waals surface area contributed by atoms with E-state index in [1.54, 1.807) is 10.9 Å². The maximum Gasteiger partial charge on any atom is 0.307 e. The molecule has 2 atom stereocenters. The Morgan fingerprint density at radius 2 is 2.19 bits per heavy atom. The molecule has 0 radical (unpaired) electrons. The lowest BCUT2D eigenvalue weighted by molar-refractivity contribution is -0.138. The third-order valence-electron chi connectivity index (χ3n) is 2.86. The number of carbonyl (C=O) groups is 2. The van der Waals surface area contributed by atoms with E-state index in [0.29, 0.717) is 12.0 Å². The van der Waals surface area contributed by atoms with Crippen LogP contribution >= 0.6 is 0 Å². The molecule has 1 aliphatic carbocycles. The second kappa shape index (κ2) is 3.73. The van der Waals surface area contributed by atoms with Crippen LogP contribution in [-0.2, 0) is 4.79 Å². The summed E-state index contributed by atoms with van der Waals surface area (Å²) in [5, 5.41) is 12.8. The van der Waals surface area contributed by atoms with Crippen LogP contribution < -0.4 is 0 Å². The number of carboxylic acid groups (broad SMARTS) is 1. The summed E-state index contributed by atoms with van der Waals surface area (Å²) in [6, 6.07) is 0.205. The van der Waals surface area contributed by atoms with Crippen molar-refractivity contribution in [2.75, 3.05) is 0 Å². The maximum atomic E-state index is 11.8. The van der Waals surface area contributed by atoms with Crippen molar-refractivity contribution in [2.24, 2.45) is 11.8 Å². The van der Waals surface area contributed by atoms with Crippen molar-refractivity contribution in [1.29, 1.82) is 0 Å². The van der Waals surface area contributed by atoms with Gasteiger partial charge in [-0.05, 0) is 20.3 Å². The zero-order valence-electron chi connectivity index (χ0n) is 9.25. The predicted molar refractivity (Wildman–Crippen MR) is 56.2 cm³/mol. The normalized spacial score (nSPS) is 23.4. The minimum absolute atomic E-state index is 0.0979. The van der Waals surface area contributed by atoms with Crippen molar-refractivity contribution in [3.05, 3.63) is 18.0 Å². The number of aromatic nitrogens is 2. The van der Waals surface area contributed by atoms with Gasteiger partial charge in [-0.15, -0.1) is 0 Å². The summed E-state index contributed by atoms with van der Waals surface area (Å²) >= 11 is 0. The van der Waals surface area contributed by atoms with Gasteiger partial charge in [0.1, 0.15) is 0 Å². The SMILES string of the molecule is CC(C)n1cc(C(=O)[C@H]2C[C@@H]2C(=O)O)cn1. The lowest BCUT2D eigenvalue weighted by Crippen LogP contribution is -2.07. The highest BCUT2D eigenvalue weighted by Crippen LogP contribution is 2.41. The molecule has 0 amide bonds. The molecule has 5 nitrogen and oxygen atoms in total. The van der Waals surface area contributed by atoms with E-state index in [0.717, 1.165) is 0 Å². The molecule has 1 N–H and O–H groups in total. The van der Waals surface area contributed by atoms with E-state index in [1.165, 1.54) is 6.20 Å². The van der Waals surface area contributed by atoms with Gasteiger partial charge in [-0.25, -0.2) is 0 Å². The molecule has 0 bridgehead atoms. The van der Waals surface area contributed by atoms with Gasteiger partial charge in [0.2, 0.25) is 0 Å². The first kappa shape index (κ1) is 10.9. The molecule has 0 spiro atoms. The zero-order valence-corrected chi connectivity index (χ0v) is 9.25. The third-order valence-corrected chi connectivity index (χ3v) is 2.86. The minimum atomic E-state index is -0.880. The number of hydrogen-bond donors (Lipinski definition) is 1. The standard InChI is InChI=1S/C11H14N2O3/c1-6(2)13-5-7(4-12-13)10(14)8-3-9(8)11(15)16/h4-6,8-9H,3H2,1-2H3,(H,15,16)/t8-,9-/m0/s1. The fourth-order valence-electron chi connectivity index (χ4n) is 1.72. The number of rotatable bonds is 4. The summed E-state index contributed by atoms with van der Waals surface area (Å²) in [7, 11) is 0. The quantitative estimate of drug-likeness (QED) is 0.781. The highest BCUT2D eigenvalue weighted by Gasteiger charge is 2.48. The molecule has 2 rings (SSSR count). The van der Waals surface area contributed by atoms with Crippen LogP contribution in [0.4, 0.5) is 0 Å². The Morgan fingerprint density at radius 3 is 2.62 bits per heavy atom. The second-order valence-corrected chi connectivity index (χ2v) is 4.45. The summed E-state index contributed by atoms with van der Waals surface area (Å²) < 4.78 is 1.70. The number of carbonyl (C=O) groups excluding carboxylic acids is 1. The van der Waals surface area contributed by atoms with Gasteiger partial charge in [-0.1, -0.05) is 0 Å². The van der Waals surface area contributed by atoms with E-state index in [1.807, 2.05) is 13.8 Å². The van der Waals surface area contributed by atoms with Crippen molar-refractivity contribution in [3.63, 3.8) is 0 Å². The summed E-state index contributed by atoms with van der Waals surface area (Å²) in [4.78, 5) is 22.5. The highest BCUT2D eigenvalue weighted by molar-refractivity contribution is 6.02. The molecule has 86 valence electrons. The van der Waals surface area contributed by atoms with Crippen LogP contribution in [-0.4, -0.2) is 26.6 Å². The Kier molecular flexibility index (Phi) is 2.53. The average Bonchev–Trinajstić information content (AvgIpc) is 2.86. The van der Waals surface area contributed by atoms with Crippen molar-refractivity contribution in [1.82, 2.24) is 9.78 Å². The number of ketones is 1. The Balaban J connectivity index is 2.08. The molecule has 1 aliphatic rings. The molecule has 16 heavy (non-hydrogen) atoms. The van der Waals surface area contributed by atoms with Crippen molar-refractivity contribution in [3.8, 4) is 0 Å². The van der Waals surface area contributed by atoms with Gasteiger partial charge in [0.25, 0.3) is 0 Å². The lowest BCUT2D eigenvalue weighted by Gasteiger charge is -2.02. The van der Waals surface area contributed by atoms with Crippen LogP contribution in [0.5, 0.6) is 0 Å². The number of carboxylic acids is 1. The number of hydrogen-bond acceptors (Lipinski definition) is 3. The van der Waals surface area contributed by atoms with Gasteiger partial charge in [-0.3, -0.25) is 14.3 Å². The molecule has 0 aromatic carbocycles. The summed E-state index contributed by atoms with van der Waals surface area (Å²) in [5.74, 6) is -1.81. The molecule has 0 saturated heterocycles. The molecule has 1 aromatic heterocycles. The van der Waals surface area contributed by atoms with Crippen LogP contribution in [0.2, 0.25) is 0 Å². The zero-order chi connectivity index (χ0) is 11.9. The summed E-state index contributed by atoms with van der Waals surface area (Å²) in [6.45, 7) is 3.94. The number of aliphatic carboxylic acids is 1. The minimum Gasteiger partial charge on any atom is -0.481 e. The molecule has 1 aromatic rings. The summed E-state index contributed by atoms with van der Waals surface area (Å²) in [6.07, 6.45) is 3.66. The molecule has 1 fully saturated rings. The number of Topliss-reactive ketones (excluding diaryl/α,β-unsaturated/α-hetero) is 1. The Labute approximate surface area is 93.1 Å². The van der Waals surface area contributed by atoms with Crippen molar-refractivity contribution >= 4 is 11.8 Å². The van der Waals surface area contributed by atoms with Gasteiger partial charge in [0.15, 0.2) is 5.78 Å². The van der Waals surface area contributed by atoms with Crippen LogP contribution in [0.3, 0.4) is 0 Å². The lowest BCUT2D eigenvalue weighted by atomic mass is 10.1. The average molecular weight is 222 g/mol. The Hall–Kier alpha value is -1.65. The van der Waals surface area contributed by atoms with Crippen LogP contribution in [0.1, 0.15) is 36.7 Å².